The van der Waals surface area contributed by atoms with Crippen LogP contribution in [0.25, 0.3) is 22.0 Å². The third-order valence-corrected chi connectivity index (χ3v) is 4.71. The second-order valence-corrected chi connectivity index (χ2v) is 7.22. The van der Waals surface area contributed by atoms with E-state index >= 15 is 0 Å². The molecule has 0 aliphatic carbocycles. The number of benzene rings is 2. The van der Waals surface area contributed by atoms with Crippen molar-refractivity contribution in [2.45, 2.75) is 13.3 Å². The van der Waals surface area contributed by atoms with Gasteiger partial charge < -0.3 is 19.7 Å². The zero-order valence-corrected chi connectivity index (χ0v) is 16.4. The van der Waals surface area contributed by atoms with E-state index in [1.54, 1.807) is 6.07 Å². The molecule has 0 saturated carbocycles. The molecule has 0 fully saturated rings. The lowest BCUT2D eigenvalue weighted by atomic mass is 10.0. The lowest BCUT2D eigenvalue weighted by Gasteiger charge is -2.11. The zero-order chi connectivity index (χ0) is 19.6. The number of hydrogen-bond acceptors (Lipinski definition) is 4. The van der Waals surface area contributed by atoms with Crippen LogP contribution in [0.3, 0.4) is 0 Å². The second kappa shape index (κ2) is 8.03. The number of halogens is 1. The number of carbonyl (C=O) groups excluding carboxylic acids is 1. The van der Waals surface area contributed by atoms with Crippen LogP contribution in [0.4, 0.5) is 0 Å². The van der Waals surface area contributed by atoms with E-state index in [0.29, 0.717) is 22.5 Å². The van der Waals surface area contributed by atoms with Crippen LogP contribution in [0.2, 0.25) is 5.02 Å². The summed E-state index contributed by atoms with van der Waals surface area (Å²) in [5.74, 6) is 0.471. The van der Waals surface area contributed by atoms with E-state index in [4.69, 9.17) is 16.3 Å². The number of fused-ring (bicyclic) bond motifs is 1. The Bertz CT molecular complexity index is 962. The molecule has 27 heavy (non-hydrogen) atoms. The summed E-state index contributed by atoms with van der Waals surface area (Å²) in [7, 11) is 4.08. The number of aromatic nitrogens is 1. The summed E-state index contributed by atoms with van der Waals surface area (Å²) in [6, 6.07) is 11.3. The lowest BCUT2D eigenvalue weighted by molar-refractivity contribution is 0.101. The Morgan fingerprint density at radius 2 is 1.93 bits per heavy atom. The first-order valence-corrected chi connectivity index (χ1v) is 9.17. The Kier molecular flexibility index (Phi) is 5.73. The van der Waals surface area contributed by atoms with Gasteiger partial charge in [-0.25, -0.2) is 0 Å². The number of H-pyrrole nitrogens is 1. The zero-order valence-electron chi connectivity index (χ0n) is 15.7. The van der Waals surface area contributed by atoms with Gasteiger partial charge in [0.15, 0.2) is 5.78 Å². The lowest BCUT2D eigenvalue weighted by Crippen LogP contribution is -2.15. The van der Waals surface area contributed by atoms with Crippen molar-refractivity contribution in [3.8, 4) is 22.8 Å². The van der Waals surface area contributed by atoms with E-state index in [2.05, 4.69) is 9.88 Å². The number of aromatic amines is 1. The average Bonchev–Trinajstić information content (AvgIpc) is 2.93. The maximum absolute atomic E-state index is 11.9. The van der Waals surface area contributed by atoms with E-state index < -0.39 is 0 Å². The second-order valence-electron chi connectivity index (χ2n) is 6.81. The highest BCUT2D eigenvalue weighted by atomic mass is 35.5. The Hall–Kier alpha value is -2.50. The van der Waals surface area contributed by atoms with Gasteiger partial charge in [0.1, 0.15) is 5.75 Å². The van der Waals surface area contributed by atoms with Crippen LogP contribution in [0.15, 0.2) is 36.4 Å². The molecule has 0 spiro atoms. The van der Waals surface area contributed by atoms with E-state index in [0.717, 1.165) is 29.8 Å². The monoisotopic (exact) mass is 386 g/mol. The van der Waals surface area contributed by atoms with Crippen LogP contribution in [0.5, 0.6) is 11.6 Å². The molecule has 0 saturated heterocycles. The number of ketones is 1. The van der Waals surface area contributed by atoms with Gasteiger partial charge in [0, 0.05) is 17.5 Å². The highest BCUT2D eigenvalue weighted by molar-refractivity contribution is 6.34. The van der Waals surface area contributed by atoms with E-state index in [-0.39, 0.29) is 17.2 Å². The largest absolute Gasteiger partial charge is 0.494 e. The number of Topliss-reactive ketones (excluding diaryl/α,β-unsaturated/α-hetero) is 1. The average molecular weight is 387 g/mol. The van der Waals surface area contributed by atoms with Crippen molar-refractivity contribution in [2.75, 3.05) is 27.2 Å². The van der Waals surface area contributed by atoms with Crippen molar-refractivity contribution in [1.82, 2.24) is 9.88 Å². The molecule has 1 heterocycles. The summed E-state index contributed by atoms with van der Waals surface area (Å²) >= 11 is 6.43. The van der Waals surface area contributed by atoms with Crippen molar-refractivity contribution >= 4 is 28.3 Å². The Labute approximate surface area is 163 Å². The number of nitrogens with one attached hydrogen (secondary N) is 1. The first kappa shape index (κ1) is 19.3. The van der Waals surface area contributed by atoms with Crippen LogP contribution in [0.1, 0.15) is 23.7 Å². The number of ether oxygens (including phenoxy) is 1. The van der Waals surface area contributed by atoms with Crippen LogP contribution < -0.4 is 4.74 Å². The van der Waals surface area contributed by atoms with Gasteiger partial charge in [0.25, 0.3) is 0 Å². The van der Waals surface area contributed by atoms with Crippen LogP contribution in [-0.4, -0.2) is 48.0 Å². The van der Waals surface area contributed by atoms with Crippen molar-refractivity contribution in [2.24, 2.45) is 0 Å². The third kappa shape index (κ3) is 4.26. The molecule has 0 atom stereocenters. The number of rotatable bonds is 7. The molecule has 2 N–H and O–H groups in total. The van der Waals surface area contributed by atoms with Crippen LogP contribution in [0, 0.1) is 0 Å². The summed E-state index contributed by atoms with van der Waals surface area (Å²) in [5.41, 5.74) is 2.62. The van der Waals surface area contributed by atoms with E-state index in [1.165, 1.54) is 6.92 Å². The molecular weight excluding hydrogens is 364 g/mol. The predicted octanol–water partition coefficient (Wildman–Crippen LogP) is 4.73. The summed E-state index contributed by atoms with van der Waals surface area (Å²) in [4.78, 5) is 16.8. The topological polar surface area (TPSA) is 65.6 Å². The SMILES string of the molecule is CC(=O)c1c(O)[nH]c2cc(Cl)c(-c3ccc(OCCCN(C)C)cc3)cc12. The van der Waals surface area contributed by atoms with Crippen LogP contribution in [-0.2, 0) is 0 Å². The molecule has 2 aromatic carbocycles. The summed E-state index contributed by atoms with van der Waals surface area (Å²) in [6.07, 6.45) is 0.960. The van der Waals surface area contributed by atoms with Gasteiger partial charge in [0.2, 0.25) is 5.88 Å². The fourth-order valence-corrected chi connectivity index (χ4v) is 3.35. The Morgan fingerprint density at radius 1 is 1.22 bits per heavy atom. The van der Waals surface area contributed by atoms with Crippen molar-refractivity contribution in [3.63, 3.8) is 0 Å². The van der Waals surface area contributed by atoms with Crippen LogP contribution >= 0.6 is 11.6 Å². The first-order valence-electron chi connectivity index (χ1n) is 8.80. The van der Waals surface area contributed by atoms with Gasteiger partial charge >= 0.3 is 0 Å². The molecule has 0 aliphatic heterocycles. The van der Waals surface area contributed by atoms with Crippen molar-refractivity contribution in [3.05, 3.63) is 47.0 Å². The molecule has 0 unspecified atom stereocenters. The van der Waals surface area contributed by atoms with Gasteiger partial charge in [0.05, 0.1) is 22.7 Å². The fourth-order valence-electron chi connectivity index (χ4n) is 3.08. The molecule has 0 aliphatic rings. The minimum atomic E-state index is -0.200. The third-order valence-electron chi connectivity index (χ3n) is 4.40. The summed E-state index contributed by atoms with van der Waals surface area (Å²) < 4.78 is 5.76. The minimum absolute atomic E-state index is 0.132. The summed E-state index contributed by atoms with van der Waals surface area (Å²) in [6.45, 7) is 3.07. The maximum Gasteiger partial charge on any atom is 0.200 e. The Morgan fingerprint density at radius 3 is 2.56 bits per heavy atom. The highest BCUT2D eigenvalue weighted by Crippen LogP contribution is 2.36. The van der Waals surface area contributed by atoms with E-state index in [1.807, 2.05) is 44.4 Å². The number of aromatic hydroxyl groups is 1. The first-order chi connectivity index (χ1) is 12.9. The van der Waals surface area contributed by atoms with Gasteiger partial charge in [-0.3, -0.25) is 4.79 Å². The molecule has 3 rings (SSSR count). The normalized spacial score (nSPS) is 11.3. The highest BCUT2D eigenvalue weighted by Gasteiger charge is 2.17. The Balaban J connectivity index is 1.85. The summed E-state index contributed by atoms with van der Waals surface area (Å²) in [5, 5.41) is 11.2. The fraction of sp³-hybridized carbons (Fsp3) is 0.286. The molecule has 1 aromatic heterocycles. The standard InChI is InChI=1S/C21H23ClN2O3/c1-13(25)20-17-11-16(18(22)12-19(17)23-21(20)26)14-5-7-15(8-6-14)27-10-4-9-24(2)3/h5-8,11-12,23,26H,4,9-10H2,1-3H3. The molecule has 0 bridgehead atoms. The molecule has 6 heteroatoms. The maximum atomic E-state index is 11.9. The molecule has 142 valence electrons. The molecule has 0 amide bonds. The smallest absolute Gasteiger partial charge is 0.200 e. The van der Waals surface area contributed by atoms with Gasteiger partial charge in [-0.15, -0.1) is 0 Å². The molecular formula is C21H23ClN2O3. The minimum Gasteiger partial charge on any atom is -0.494 e. The predicted molar refractivity (Wildman–Crippen MR) is 109 cm³/mol. The van der Waals surface area contributed by atoms with Crippen molar-refractivity contribution in [1.29, 1.82) is 0 Å². The van der Waals surface area contributed by atoms with Gasteiger partial charge in [-0.1, -0.05) is 23.7 Å². The number of nitrogens with zero attached hydrogens (tertiary/aromatic N) is 1. The quantitative estimate of drug-likeness (QED) is 0.455. The molecule has 3 aromatic rings. The van der Waals surface area contributed by atoms with Gasteiger partial charge in [-0.05, 0) is 57.3 Å². The number of hydrogen-bond donors (Lipinski definition) is 2. The van der Waals surface area contributed by atoms with Crippen molar-refractivity contribution < 1.29 is 14.6 Å². The van der Waals surface area contributed by atoms with E-state index in [9.17, 15) is 9.90 Å². The van der Waals surface area contributed by atoms with Gasteiger partial charge in [-0.2, -0.15) is 0 Å². The number of carbonyl (C=O) groups is 1. The molecule has 0 radical (unpaired) electrons. The molecule has 5 nitrogen and oxygen atoms in total.